The molecule has 0 atom stereocenters. The van der Waals surface area contributed by atoms with Crippen molar-refractivity contribution in [2.45, 2.75) is 186 Å². The van der Waals surface area contributed by atoms with E-state index in [0.717, 1.165) is 1.95 Å². The topological polar surface area (TPSA) is 9.23 Å². The van der Waals surface area contributed by atoms with E-state index in [-0.39, 0.29) is 5.04 Å². The van der Waals surface area contributed by atoms with Gasteiger partial charge in [0.15, 0.2) is 0 Å². The van der Waals surface area contributed by atoms with E-state index in [1.807, 2.05) is 0 Å². The van der Waals surface area contributed by atoms with Gasteiger partial charge in [-0.15, -0.1) is 0 Å². The van der Waals surface area contributed by atoms with Crippen LogP contribution in [-0.4, -0.2) is 45.1 Å². The van der Waals surface area contributed by atoms with Crippen LogP contribution in [0.15, 0.2) is 12.3 Å². The van der Waals surface area contributed by atoms with E-state index in [2.05, 4.69) is 87.7 Å². The van der Waals surface area contributed by atoms with Crippen LogP contribution >= 0.6 is 0 Å². The van der Waals surface area contributed by atoms with Crippen LogP contribution in [0.2, 0.25) is 46.7 Å². The van der Waals surface area contributed by atoms with E-state index >= 15 is 0 Å². The Labute approximate surface area is 246 Å². The molecule has 0 heterocycles. The summed E-state index contributed by atoms with van der Waals surface area (Å²) in [6.45, 7) is 26.7. The fourth-order valence-electron chi connectivity index (χ4n) is 6.38. The molecule has 0 aliphatic carbocycles. The molecule has 0 aromatic heterocycles. The van der Waals surface area contributed by atoms with E-state index in [1.54, 1.807) is 26.6 Å². The Bertz CT molecular complexity index is 506. The Balaban J connectivity index is 7.01. The van der Waals surface area contributed by atoms with E-state index in [9.17, 15) is 0 Å². The van der Waals surface area contributed by atoms with Crippen LogP contribution in [0.1, 0.15) is 139 Å². The average Bonchev–Trinajstić information content (AvgIpc) is 2.86. The summed E-state index contributed by atoms with van der Waals surface area (Å²) < 4.78 is 17.8. The zero-order valence-electron chi connectivity index (χ0n) is 27.9. The van der Waals surface area contributed by atoms with Gasteiger partial charge in [0.25, 0.3) is 0 Å². The molecule has 0 rings (SSSR count). The number of allylic oxidation sites excluding steroid dienone is 1. The first-order valence-corrected chi connectivity index (χ1v) is 35.1. The van der Waals surface area contributed by atoms with Crippen LogP contribution in [0, 0.1) is 0 Å². The molecule has 0 amide bonds. The summed E-state index contributed by atoms with van der Waals surface area (Å²) in [7, 11) is -1.78. The van der Waals surface area contributed by atoms with Crippen LogP contribution in [0.4, 0.5) is 0 Å². The summed E-state index contributed by atoms with van der Waals surface area (Å²) in [6, 6.07) is 0. The van der Waals surface area contributed by atoms with Gasteiger partial charge in [0.2, 0.25) is 0 Å². The monoisotopic (exact) mass is 752 g/mol. The molecule has 0 bridgehead atoms. The maximum atomic E-state index is 6.87. The number of unbranched alkanes of at least 4 members (excludes halogenated alkanes) is 6. The van der Waals surface area contributed by atoms with Crippen molar-refractivity contribution in [2.24, 2.45) is 0 Å². The molecule has 37 heavy (non-hydrogen) atoms. The molecule has 0 aromatic carbocycles. The molecule has 0 fully saturated rings. The second-order valence-electron chi connectivity index (χ2n) is 14.0. The predicted molar refractivity (Wildman–Crippen MR) is 181 cm³/mol. The van der Waals surface area contributed by atoms with Gasteiger partial charge < -0.3 is 0 Å². The molecular weight excluding hydrogens is 678 g/mol. The van der Waals surface area contributed by atoms with Gasteiger partial charge in [-0.1, -0.05) is 0 Å². The minimum atomic E-state index is -2.48. The van der Waals surface area contributed by atoms with Crippen LogP contribution in [-0.2, 0) is 4.43 Å². The van der Waals surface area contributed by atoms with E-state index in [4.69, 9.17) is 4.43 Å². The second kappa shape index (κ2) is 20.3. The Kier molecular flexibility index (Phi) is 21.0. The van der Waals surface area contributed by atoms with Crippen molar-refractivity contribution in [3.05, 3.63) is 12.3 Å². The third kappa shape index (κ3) is 13.3. The average molecular weight is 750 g/mol. The first-order chi connectivity index (χ1) is 17.5. The minimum absolute atomic E-state index is 0.271. The van der Waals surface area contributed by atoms with Gasteiger partial charge in [0, 0.05) is 0 Å². The first kappa shape index (κ1) is 38.4. The first-order valence-electron chi connectivity index (χ1n) is 16.8. The Morgan fingerprint density at radius 2 is 0.838 bits per heavy atom. The van der Waals surface area contributed by atoms with Gasteiger partial charge >= 0.3 is 248 Å². The van der Waals surface area contributed by atoms with Crippen molar-refractivity contribution in [2.75, 3.05) is 0 Å². The molecule has 222 valence electrons. The SMILES string of the molecule is CCC[CH2][Sn]([CH2]CCC)([CH2]CCC)[CH](/C=C/O[Si](C)(C)C(C)(C)C)[Sn]([CH2]CCC)([CH2]CCC)[CH2]CCC. The van der Waals surface area contributed by atoms with Crippen LogP contribution in [0.3, 0.4) is 0 Å². The summed E-state index contributed by atoms with van der Waals surface area (Å²) in [4.78, 5) is 0. The van der Waals surface area contributed by atoms with Gasteiger partial charge in [-0.2, -0.15) is 0 Å². The van der Waals surface area contributed by atoms with Crippen molar-refractivity contribution in [1.29, 1.82) is 0 Å². The molecule has 0 N–H and O–H groups in total. The van der Waals surface area contributed by atoms with Crippen LogP contribution in [0.5, 0.6) is 0 Å². The Hall–Kier alpha value is 1.35. The van der Waals surface area contributed by atoms with E-state index in [0.29, 0.717) is 0 Å². The zero-order chi connectivity index (χ0) is 28.4. The van der Waals surface area contributed by atoms with Crippen molar-refractivity contribution in [3.8, 4) is 0 Å². The molecule has 4 heteroatoms. The molecule has 0 aliphatic heterocycles. The van der Waals surface area contributed by atoms with Crippen molar-refractivity contribution in [1.82, 2.24) is 0 Å². The standard InChI is InChI=1S/C9H18OSi.6C4H9.2Sn/c1-7-8-10-11(5,6)9(2,3)4;6*1-3-4-2;;/h1,7-8H,2-6H3;6*1,3-4H2,2H3;;/b8-7+;;;;;;;;. The van der Waals surface area contributed by atoms with E-state index in [1.165, 1.54) is 77.0 Å². The van der Waals surface area contributed by atoms with Crippen molar-refractivity contribution < 1.29 is 4.43 Å². The Morgan fingerprint density at radius 3 is 1.05 bits per heavy atom. The molecular formula is C33H72OSiSn2. The molecule has 0 saturated carbocycles. The molecule has 0 saturated heterocycles. The second-order valence-corrected chi connectivity index (χ2v) is 51.2. The van der Waals surface area contributed by atoms with Gasteiger partial charge in [-0.25, -0.2) is 0 Å². The third-order valence-corrected chi connectivity index (χ3v) is 69.5. The van der Waals surface area contributed by atoms with Crippen molar-refractivity contribution >= 4 is 45.1 Å². The van der Waals surface area contributed by atoms with Gasteiger partial charge in [-0.3, -0.25) is 0 Å². The molecule has 0 unspecified atom stereocenters. The maximum absolute atomic E-state index is 6.87. The summed E-state index contributed by atoms with van der Waals surface area (Å²) in [5.41, 5.74) is 0. The predicted octanol–water partition coefficient (Wildman–Crippen LogP) is 13.1. The fourth-order valence-corrected chi connectivity index (χ4v) is 82.8. The fraction of sp³-hybridized carbons (Fsp3) is 0.939. The summed E-state index contributed by atoms with van der Waals surface area (Å²) >= 11 is -4.97. The Morgan fingerprint density at radius 1 is 0.568 bits per heavy atom. The quantitative estimate of drug-likeness (QED) is 0.0747. The normalized spacial score (nSPS) is 13.7. The molecule has 0 spiro atoms. The third-order valence-electron chi connectivity index (χ3n) is 9.93. The van der Waals surface area contributed by atoms with Crippen LogP contribution < -0.4 is 0 Å². The molecule has 0 aliphatic rings. The summed E-state index contributed by atoms with van der Waals surface area (Å²) in [5, 5.41) is 0.271. The zero-order valence-corrected chi connectivity index (χ0v) is 34.6. The van der Waals surface area contributed by atoms with Crippen molar-refractivity contribution in [3.63, 3.8) is 0 Å². The summed E-state index contributed by atoms with van der Waals surface area (Å²) in [5.74, 6) is 0. The van der Waals surface area contributed by atoms with Gasteiger partial charge in [0.05, 0.1) is 0 Å². The molecule has 0 radical (unpaired) electrons. The van der Waals surface area contributed by atoms with Gasteiger partial charge in [-0.05, 0) is 0 Å². The number of hydrogen-bond donors (Lipinski definition) is 0. The van der Waals surface area contributed by atoms with Crippen LogP contribution in [0.25, 0.3) is 0 Å². The molecule has 0 aromatic rings. The van der Waals surface area contributed by atoms with E-state index < -0.39 is 45.1 Å². The number of hydrogen-bond acceptors (Lipinski definition) is 1. The van der Waals surface area contributed by atoms with Gasteiger partial charge in [0.1, 0.15) is 0 Å². The summed E-state index contributed by atoms with van der Waals surface area (Å²) in [6.07, 6.45) is 22.5. The number of rotatable bonds is 23. The molecule has 1 nitrogen and oxygen atoms in total.